The van der Waals surface area contributed by atoms with Gasteiger partial charge in [0, 0.05) is 18.7 Å². The fraction of sp³-hybridized carbons (Fsp3) is 0.429. The van der Waals surface area contributed by atoms with Crippen molar-refractivity contribution in [2.75, 3.05) is 18.9 Å². The van der Waals surface area contributed by atoms with Crippen LogP contribution in [0.2, 0.25) is 0 Å². The summed E-state index contributed by atoms with van der Waals surface area (Å²) < 4.78 is 25.3. The van der Waals surface area contributed by atoms with Crippen LogP contribution < -0.4 is 0 Å². The Hall–Kier alpha value is -1.35. The number of aliphatic hydroxyl groups is 1. The van der Waals surface area contributed by atoms with Gasteiger partial charge in [-0.05, 0) is 23.6 Å². The topological polar surface area (TPSA) is 57.6 Å². The van der Waals surface area contributed by atoms with Crippen LogP contribution in [0, 0.1) is 17.8 Å². The third kappa shape index (κ3) is 3.57. The predicted molar refractivity (Wildman–Crippen MR) is 73.8 cm³/mol. The van der Waals surface area contributed by atoms with Gasteiger partial charge in [0.15, 0.2) is 0 Å². The first-order valence-electron chi connectivity index (χ1n) is 6.18. The Morgan fingerprint density at radius 1 is 1.47 bits per heavy atom. The van der Waals surface area contributed by atoms with E-state index in [9.17, 15) is 8.42 Å². The largest absolute Gasteiger partial charge is 0.384 e. The van der Waals surface area contributed by atoms with E-state index in [1.807, 2.05) is 31.2 Å². The van der Waals surface area contributed by atoms with Crippen LogP contribution in [0.1, 0.15) is 18.1 Å². The van der Waals surface area contributed by atoms with Crippen LogP contribution in [0.4, 0.5) is 0 Å². The van der Waals surface area contributed by atoms with Gasteiger partial charge in [-0.15, -0.1) is 0 Å². The highest BCUT2D eigenvalue weighted by molar-refractivity contribution is 7.89. The molecule has 1 heterocycles. The molecule has 19 heavy (non-hydrogen) atoms. The molecule has 1 saturated heterocycles. The minimum atomic E-state index is -3.11. The van der Waals surface area contributed by atoms with Crippen molar-refractivity contribution in [3.8, 4) is 11.8 Å². The molecule has 0 amide bonds. The molecule has 1 aromatic rings. The molecular weight excluding hydrogens is 262 g/mol. The lowest BCUT2D eigenvalue weighted by Gasteiger charge is -2.14. The minimum Gasteiger partial charge on any atom is -0.384 e. The lowest BCUT2D eigenvalue weighted by molar-refractivity contribution is 0.350. The first kappa shape index (κ1) is 14.1. The molecular formula is C14H17NO3S. The molecule has 4 nitrogen and oxygen atoms in total. The third-order valence-corrected chi connectivity index (χ3v) is 5.06. The fourth-order valence-electron chi connectivity index (χ4n) is 2.23. The third-order valence-electron chi connectivity index (χ3n) is 3.00. The van der Waals surface area contributed by atoms with Crippen molar-refractivity contribution in [3.63, 3.8) is 0 Å². The van der Waals surface area contributed by atoms with E-state index in [0.29, 0.717) is 13.1 Å². The summed E-state index contributed by atoms with van der Waals surface area (Å²) in [6, 6.07) is 7.44. The number of hydrogen-bond acceptors (Lipinski definition) is 3. The molecule has 0 aromatic heterocycles. The highest BCUT2D eigenvalue weighted by Gasteiger charge is 2.33. The zero-order valence-corrected chi connectivity index (χ0v) is 11.7. The molecule has 1 N–H and O–H groups in total. The molecule has 1 aromatic carbocycles. The van der Waals surface area contributed by atoms with Crippen LogP contribution in [0.25, 0.3) is 0 Å². The second-order valence-corrected chi connectivity index (χ2v) is 6.85. The Balaban J connectivity index is 2.16. The Morgan fingerprint density at radius 3 is 2.89 bits per heavy atom. The molecule has 0 saturated carbocycles. The van der Waals surface area contributed by atoms with Crippen LogP contribution in [-0.4, -0.2) is 36.7 Å². The standard InChI is InChI=1S/C14H17NO3S/c1-12-9-15(19(17,18)11-12)10-14-5-2-4-13(8-14)6-3-7-16/h2,4-5,8,12,16H,7,9-11H2,1H3. The normalized spacial score (nSPS) is 21.9. The summed E-state index contributed by atoms with van der Waals surface area (Å²) in [7, 11) is -3.11. The van der Waals surface area contributed by atoms with E-state index < -0.39 is 10.0 Å². The summed E-state index contributed by atoms with van der Waals surface area (Å²) in [4.78, 5) is 0. The van der Waals surface area contributed by atoms with Crippen LogP contribution in [0.5, 0.6) is 0 Å². The molecule has 0 aliphatic carbocycles. The number of hydrogen-bond donors (Lipinski definition) is 1. The van der Waals surface area contributed by atoms with Crippen molar-refractivity contribution in [2.45, 2.75) is 13.5 Å². The van der Waals surface area contributed by atoms with E-state index >= 15 is 0 Å². The second-order valence-electron chi connectivity index (χ2n) is 4.84. The van der Waals surface area contributed by atoms with Crippen LogP contribution in [-0.2, 0) is 16.6 Å². The Bertz CT molecular complexity index is 613. The molecule has 1 fully saturated rings. The number of benzene rings is 1. The zero-order chi connectivity index (χ0) is 13.9. The van der Waals surface area contributed by atoms with Crippen LogP contribution >= 0.6 is 0 Å². The van der Waals surface area contributed by atoms with Crippen molar-refractivity contribution in [1.29, 1.82) is 0 Å². The number of sulfonamides is 1. The van der Waals surface area contributed by atoms with Gasteiger partial charge in [-0.1, -0.05) is 30.9 Å². The van der Waals surface area contributed by atoms with E-state index in [-0.39, 0.29) is 18.3 Å². The smallest absolute Gasteiger partial charge is 0.214 e. The van der Waals surface area contributed by atoms with Gasteiger partial charge in [0.25, 0.3) is 0 Å². The molecule has 1 unspecified atom stereocenters. The maximum Gasteiger partial charge on any atom is 0.214 e. The van der Waals surface area contributed by atoms with E-state index in [1.165, 1.54) is 4.31 Å². The zero-order valence-electron chi connectivity index (χ0n) is 10.8. The lowest BCUT2D eigenvalue weighted by atomic mass is 10.1. The Kier molecular flexibility index (Phi) is 4.25. The minimum absolute atomic E-state index is 0.178. The van der Waals surface area contributed by atoms with Crippen molar-refractivity contribution in [3.05, 3.63) is 35.4 Å². The van der Waals surface area contributed by atoms with Crippen molar-refractivity contribution >= 4 is 10.0 Å². The summed E-state index contributed by atoms with van der Waals surface area (Å²) >= 11 is 0. The van der Waals surface area contributed by atoms with E-state index in [2.05, 4.69) is 11.8 Å². The average Bonchev–Trinajstić information content (AvgIpc) is 2.60. The Labute approximate surface area is 114 Å². The van der Waals surface area contributed by atoms with Crippen molar-refractivity contribution in [1.82, 2.24) is 4.31 Å². The first-order chi connectivity index (χ1) is 9.01. The maximum atomic E-state index is 11.9. The molecule has 2 rings (SSSR count). The van der Waals surface area contributed by atoms with Crippen molar-refractivity contribution in [2.24, 2.45) is 5.92 Å². The van der Waals surface area contributed by atoms with Gasteiger partial charge >= 0.3 is 0 Å². The number of nitrogens with zero attached hydrogens (tertiary/aromatic N) is 1. The van der Waals surface area contributed by atoms with Gasteiger partial charge in [0.05, 0.1) is 5.75 Å². The fourth-order valence-corrected chi connectivity index (χ4v) is 4.10. The molecule has 1 aliphatic heterocycles. The highest BCUT2D eigenvalue weighted by Crippen LogP contribution is 2.21. The predicted octanol–water partition coefficient (Wildman–Crippen LogP) is 0.812. The molecule has 0 spiro atoms. The van der Waals surface area contributed by atoms with E-state index in [4.69, 9.17) is 5.11 Å². The molecule has 5 heteroatoms. The second kappa shape index (κ2) is 5.74. The quantitative estimate of drug-likeness (QED) is 0.815. The lowest BCUT2D eigenvalue weighted by Crippen LogP contribution is -2.25. The van der Waals surface area contributed by atoms with E-state index in [1.54, 1.807) is 0 Å². The van der Waals surface area contributed by atoms with Gasteiger partial charge in [-0.3, -0.25) is 0 Å². The van der Waals surface area contributed by atoms with Crippen LogP contribution in [0.15, 0.2) is 24.3 Å². The molecule has 102 valence electrons. The van der Waals surface area contributed by atoms with Gasteiger partial charge in [0.2, 0.25) is 10.0 Å². The van der Waals surface area contributed by atoms with Crippen molar-refractivity contribution < 1.29 is 13.5 Å². The first-order valence-corrected chi connectivity index (χ1v) is 7.78. The van der Waals surface area contributed by atoms with Gasteiger partial charge in [-0.25, -0.2) is 8.42 Å². The average molecular weight is 279 g/mol. The molecule has 0 bridgehead atoms. The molecule has 1 atom stereocenters. The summed E-state index contributed by atoms with van der Waals surface area (Å²) in [5.41, 5.74) is 1.71. The molecule has 1 aliphatic rings. The maximum absolute atomic E-state index is 11.9. The van der Waals surface area contributed by atoms with E-state index in [0.717, 1.165) is 11.1 Å². The van der Waals surface area contributed by atoms with Gasteiger partial charge in [0.1, 0.15) is 6.61 Å². The monoisotopic (exact) mass is 279 g/mol. The summed E-state index contributed by atoms with van der Waals surface area (Å²) in [6.07, 6.45) is 0. The summed E-state index contributed by atoms with van der Waals surface area (Å²) in [6.45, 7) is 2.74. The SMILES string of the molecule is CC1CN(Cc2cccc(C#CCO)c2)S(=O)(=O)C1. The number of aliphatic hydroxyl groups excluding tert-OH is 1. The Morgan fingerprint density at radius 2 is 2.26 bits per heavy atom. The highest BCUT2D eigenvalue weighted by atomic mass is 32.2. The summed E-state index contributed by atoms with van der Waals surface area (Å²) in [5.74, 6) is 5.82. The van der Waals surface area contributed by atoms with Gasteiger partial charge < -0.3 is 5.11 Å². The molecule has 0 radical (unpaired) electrons. The van der Waals surface area contributed by atoms with Crippen LogP contribution in [0.3, 0.4) is 0 Å². The van der Waals surface area contributed by atoms with Gasteiger partial charge in [-0.2, -0.15) is 4.31 Å². The number of rotatable bonds is 2. The summed E-state index contributed by atoms with van der Waals surface area (Å²) in [5, 5.41) is 8.66.